The van der Waals surface area contributed by atoms with E-state index in [-0.39, 0.29) is 5.97 Å². The van der Waals surface area contributed by atoms with E-state index < -0.39 is 0 Å². The quantitative estimate of drug-likeness (QED) is 0.182. The summed E-state index contributed by atoms with van der Waals surface area (Å²) < 4.78 is 4.92. The Bertz CT molecular complexity index is 738. The summed E-state index contributed by atoms with van der Waals surface area (Å²) >= 11 is 0. The summed E-state index contributed by atoms with van der Waals surface area (Å²) in [7, 11) is 1.44. The largest absolute Gasteiger partial charge is 0.465 e. The molecule has 0 aliphatic carbocycles. The Kier molecular flexibility index (Phi) is 13.5. The van der Waals surface area contributed by atoms with E-state index in [0.717, 1.165) is 6.42 Å². The Morgan fingerprint density at radius 3 is 1.78 bits per heavy atom. The van der Waals surface area contributed by atoms with Crippen LogP contribution in [0.3, 0.4) is 0 Å². The maximum Gasteiger partial charge on any atom is 0.337 e. The average Bonchev–Trinajstić information content (AvgIpc) is 2.84. The summed E-state index contributed by atoms with van der Waals surface area (Å²) in [5.41, 5.74) is 3.17. The zero-order valence-corrected chi connectivity index (χ0v) is 20.5. The Balaban J connectivity index is 1.72. The summed E-state index contributed by atoms with van der Waals surface area (Å²) in [5.74, 6) is 0.0631. The molecule has 0 spiro atoms. The van der Waals surface area contributed by atoms with Crippen molar-refractivity contribution in [2.45, 2.75) is 103 Å². The standard InChI is InChI=1S/C30H44O2/c1-3-4-5-6-7-8-9-10-11-12-13-14-18-24-29(26-20-16-15-17-21-26)27-22-19-23-28(25-27)30(31)32-2/h15-17,19-23,25,29H,3-14,18,24H2,1-2H3. The van der Waals surface area contributed by atoms with Crippen molar-refractivity contribution in [1.29, 1.82) is 0 Å². The minimum Gasteiger partial charge on any atom is -0.465 e. The van der Waals surface area contributed by atoms with Crippen LogP contribution in [0.25, 0.3) is 0 Å². The highest BCUT2D eigenvalue weighted by molar-refractivity contribution is 5.89. The molecule has 0 aromatic heterocycles. The lowest BCUT2D eigenvalue weighted by atomic mass is 9.86. The van der Waals surface area contributed by atoms with Crippen LogP contribution in [-0.4, -0.2) is 13.1 Å². The summed E-state index contributed by atoms with van der Waals surface area (Å²) in [6, 6.07) is 18.7. The van der Waals surface area contributed by atoms with Gasteiger partial charge in [-0.05, 0) is 29.7 Å². The lowest BCUT2D eigenvalue weighted by Gasteiger charge is -2.19. The predicted octanol–water partition coefficient (Wildman–Crippen LogP) is 9.09. The zero-order valence-electron chi connectivity index (χ0n) is 20.5. The number of carbonyl (C=O) groups excluding carboxylic acids is 1. The fourth-order valence-electron chi connectivity index (χ4n) is 4.58. The van der Waals surface area contributed by atoms with Crippen LogP contribution in [0.5, 0.6) is 0 Å². The minimum absolute atomic E-state index is 0.264. The second kappa shape index (κ2) is 16.5. The van der Waals surface area contributed by atoms with Crippen molar-refractivity contribution >= 4 is 5.97 Å². The van der Waals surface area contributed by atoms with Crippen LogP contribution in [0.15, 0.2) is 54.6 Å². The smallest absolute Gasteiger partial charge is 0.337 e. The Hall–Kier alpha value is -2.09. The molecule has 0 aliphatic rings. The molecule has 0 saturated carbocycles. The van der Waals surface area contributed by atoms with Crippen LogP contribution in [0.2, 0.25) is 0 Å². The molecule has 1 unspecified atom stereocenters. The first-order valence-electron chi connectivity index (χ1n) is 13.0. The molecule has 2 aromatic carbocycles. The topological polar surface area (TPSA) is 26.3 Å². The van der Waals surface area contributed by atoms with Gasteiger partial charge in [0.1, 0.15) is 0 Å². The van der Waals surface area contributed by atoms with Crippen molar-refractivity contribution in [3.8, 4) is 0 Å². The lowest BCUT2D eigenvalue weighted by molar-refractivity contribution is 0.0600. The molecule has 0 saturated heterocycles. The van der Waals surface area contributed by atoms with Crippen LogP contribution in [0, 0.1) is 0 Å². The van der Waals surface area contributed by atoms with E-state index >= 15 is 0 Å². The fourth-order valence-corrected chi connectivity index (χ4v) is 4.58. The Morgan fingerprint density at radius 2 is 1.22 bits per heavy atom. The van der Waals surface area contributed by atoms with Gasteiger partial charge in [-0.15, -0.1) is 0 Å². The first-order chi connectivity index (χ1) is 15.8. The molecule has 0 amide bonds. The molecule has 32 heavy (non-hydrogen) atoms. The van der Waals surface area contributed by atoms with Crippen molar-refractivity contribution in [2.24, 2.45) is 0 Å². The maximum absolute atomic E-state index is 12.0. The number of esters is 1. The summed E-state index contributed by atoms with van der Waals surface area (Å²) in [6.07, 6.45) is 19.0. The van der Waals surface area contributed by atoms with E-state index in [9.17, 15) is 4.79 Å². The maximum atomic E-state index is 12.0. The highest BCUT2D eigenvalue weighted by atomic mass is 16.5. The summed E-state index contributed by atoms with van der Waals surface area (Å²) in [5, 5.41) is 0. The van der Waals surface area contributed by atoms with Crippen molar-refractivity contribution in [3.05, 3.63) is 71.3 Å². The van der Waals surface area contributed by atoms with Gasteiger partial charge in [0.2, 0.25) is 0 Å². The lowest BCUT2D eigenvalue weighted by Crippen LogP contribution is -2.05. The van der Waals surface area contributed by atoms with Gasteiger partial charge in [-0.3, -0.25) is 0 Å². The van der Waals surface area contributed by atoms with Gasteiger partial charge in [0.05, 0.1) is 12.7 Å². The first kappa shape index (κ1) is 26.2. The van der Waals surface area contributed by atoms with Crippen LogP contribution >= 0.6 is 0 Å². The van der Waals surface area contributed by atoms with E-state index in [0.29, 0.717) is 11.5 Å². The van der Waals surface area contributed by atoms with Gasteiger partial charge in [0.15, 0.2) is 0 Å². The average molecular weight is 437 g/mol. The third-order valence-electron chi connectivity index (χ3n) is 6.51. The van der Waals surface area contributed by atoms with Crippen molar-refractivity contribution < 1.29 is 9.53 Å². The van der Waals surface area contributed by atoms with Crippen LogP contribution in [0.1, 0.15) is 124 Å². The Labute approximate surface area is 196 Å². The molecule has 2 nitrogen and oxygen atoms in total. The Morgan fingerprint density at radius 1 is 0.688 bits per heavy atom. The number of hydrogen-bond acceptors (Lipinski definition) is 2. The monoisotopic (exact) mass is 436 g/mol. The van der Waals surface area contributed by atoms with E-state index in [4.69, 9.17) is 4.74 Å². The van der Waals surface area contributed by atoms with E-state index in [1.165, 1.54) is 102 Å². The third-order valence-corrected chi connectivity index (χ3v) is 6.51. The molecule has 2 heteroatoms. The second-order valence-corrected chi connectivity index (χ2v) is 9.11. The number of benzene rings is 2. The van der Waals surface area contributed by atoms with Crippen LogP contribution in [-0.2, 0) is 4.74 Å². The predicted molar refractivity (Wildman–Crippen MR) is 136 cm³/mol. The van der Waals surface area contributed by atoms with Crippen LogP contribution in [0.4, 0.5) is 0 Å². The molecule has 0 aliphatic heterocycles. The SMILES string of the molecule is CCCCCCCCCCCCCCCC(c1ccccc1)c1cccc(C(=O)OC)c1. The van der Waals surface area contributed by atoms with Gasteiger partial charge in [-0.2, -0.15) is 0 Å². The van der Waals surface area contributed by atoms with Crippen molar-refractivity contribution in [3.63, 3.8) is 0 Å². The molecule has 1 atom stereocenters. The number of unbranched alkanes of at least 4 members (excludes halogenated alkanes) is 12. The first-order valence-corrected chi connectivity index (χ1v) is 13.0. The number of ether oxygens (including phenoxy) is 1. The molecular weight excluding hydrogens is 392 g/mol. The fraction of sp³-hybridized carbons (Fsp3) is 0.567. The van der Waals surface area contributed by atoms with Gasteiger partial charge in [-0.25, -0.2) is 4.79 Å². The number of rotatable bonds is 17. The molecule has 0 radical (unpaired) electrons. The van der Waals surface area contributed by atoms with Gasteiger partial charge in [-0.1, -0.05) is 133 Å². The normalized spacial score (nSPS) is 11.9. The molecule has 0 heterocycles. The van der Waals surface area contributed by atoms with Crippen molar-refractivity contribution in [1.82, 2.24) is 0 Å². The van der Waals surface area contributed by atoms with E-state index in [1.54, 1.807) is 0 Å². The number of carbonyl (C=O) groups is 1. The highest BCUT2D eigenvalue weighted by Gasteiger charge is 2.16. The summed E-state index contributed by atoms with van der Waals surface area (Å²) in [4.78, 5) is 12.0. The second-order valence-electron chi connectivity index (χ2n) is 9.11. The van der Waals surface area contributed by atoms with Gasteiger partial charge >= 0.3 is 5.97 Å². The molecular formula is C30H44O2. The molecule has 0 N–H and O–H groups in total. The van der Waals surface area contributed by atoms with Crippen LogP contribution < -0.4 is 0 Å². The number of hydrogen-bond donors (Lipinski definition) is 0. The van der Waals surface area contributed by atoms with Crippen molar-refractivity contribution in [2.75, 3.05) is 7.11 Å². The summed E-state index contributed by atoms with van der Waals surface area (Å²) in [6.45, 7) is 2.28. The molecule has 2 rings (SSSR count). The van der Waals surface area contributed by atoms with Gasteiger partial charge < -0.3 is 4.74 Å². The number of methoxy groups -OCH3 is 1. The van der Waals surface area contributed by atoms with E-state index in [2.05, 4.69) is 43.3 Å². The highest BCUT2D eigenvalue weighted by Crippen LogP contribution is 2.31. The molecule has 0 fully saturated rings. The minimum atomic E-state index is -0.264. The van der Waals surface area contributed by atoms with Gasteiger partial charge in [0.25, 0.3) is 0 Å². The molecule has 2 aromatic rings. The molecule has 176 valence electrons. The zero-order chi connectivity index (χ0) is 22.9. The van der Waals surface area contributed by atoms with E-state index in [1.807, 2.05) is 18.2 Å². The molecule has 0 bridgehead atoms. The third kappa shape index (κ3) is 10.0. The van der Waals surface area contributed by atoms with Gasteiger partial charge in [0, 0.05) is 5.92 Å².